The Labute approximate surface area is 187 Å². The van der Waals surface area contributed by atoms with Crippen molar-refractivity contribution in [1.82, 2.24) is 15.0 Å². The molecule has 3 fully saturated rings. The lowest BCUT2D eigenvalue weighted by Gasteiger charge is -2.58. The van der Waals surface area contributed by atoms with Gasteiger partial charge in [0.1, 0.15) is 6.54 Å². The van der Waals surface area contributed by atoms with E-state index in [-0.39, 0.29) is 16.7 Å². The van der Waals surface area contributed by atoms with Gasteiger partial charge in [-0.3, -0.25) is 4.79 Å². The van der Waals surface area contributed by atoms with Gasteiger partial charge in [-0.25, -0.2) is 0 Å². The molecule has 1 aromatic heterocycles. The second-order valence-corrected chi connectivity index (χ2v) is 11.1. The summed E-state index contributed by atoms with van der Waals surface area (Å²) in [6, 6.07) is 0. The number of Topliss-reactive ketones (excluding diaryl/α,β-unsaturated/α-hetero) is 1. The van der Waals surface area contributed by atoms with E-state index in [0.717, 1.165) is 32.1 Å². The summed E-state index contributed by atoms with van der Waals surface area (Å²) >= 11 is 0. The number of aromatic nitrogens is 3. The van der Waals surface area contributed by atoms with Crippen LogP contribution >= 0.6 is 0 Å². The molecule has 4 aliphatic rings. The SMILES string of the molecule is CC.C[C@@]1(O)CC[C@]2(C)C3=CC[C@]4(C)[C@@H](C(=O)Cn5nccn5)CC[C@H]4[C@@H]3CC[C@H]2C1. The molecule has 5 nitrogen and oxygen atoms in total. The van der Waals surface area contributed by atoms with Gasteiger partial charge in [0.15, 0.2) is 5.78 Å². The van der Waals surface area contributed by atoms with Gasteiger partial charge in [0.2, 0.25) is 0 Å². The van der Waals surface area contributed by atoms with Crippen LogP contribution in [0.15, 0.2) is 24.0 Å². The Morgan fingerprint density at radius 1 is 1.10 bits per heavy atom. The lowest BCUT2D eigenvalue weighted by molar-refractivity contribution is -0.128. The maximum Gasteiger partial charge on any atom is 0.159 e. The zero-order chi connectivity index (χ0) is 22.4. The number of hydrogen-bond donors (Lipinski definition) is 1. The van der Waals surface area contributed by atoms with Gasteiger partial charge in [-0.2, -0.15) is 15.0 Å². The first-order chi connectivity index (χ1) is 14.7. The molecule has 7 atom stereocenters. The number of hydrogen-bond acceptors (Lipinski definition) is 4. The molecule has 5 heteroatoms. The van der Waals surface area contributed by atoms with Crippen molar-refractivity contribution in [3.8, 4) is 0 Å². The smallest absolute Gasteiger partial charge is 0.159 e. The fraction of sp³-hybridized carbons (Fsp3) is 0.808. The Morgan fingerprint density at radius 3 is 2.52 bits per heavy atom. The predicted octanol–water partition coefficient (Wildman–Crippen LogP) is 5.20. The van der Waals surface area contributed by atoms with Crippen LogP contribution in [0.2, 0.25) is 0 Å². The second kappa shape index (κ2) is 8.13. The molecule has 3 saturated carbocycles. The summed E-state index contributed by atoms with van der Waals surface area (Å²) in [6.07, 6.45) is 14.4. The monoisotopic (exact) mass is 427 g/mol. The van der Waals surface area contributed by atoms with Gasteiger partial charge in [0.05, 0.1) is 18.0 Å². The van der Waals surface area contributed by atoms with Crippen LogP contribution in [0, 0.1) is 34.5 Å². The van der Waals surface area contributed by atoms with Gasteiger partial charge in [0, 0.05) is 5.92 Å². The minimum absolute atomic E-state index is 0.0712. The zero-order valence-electron chi connectivity index (χ0n) is 20.1. The number of aliphatic hydroxyl groups is 1. The molecule has 0 unspecified atom stereocenters. The summed E-state index contributed by atoms with van der Waals surface area (Å²) in [7, 11) is 0. The van der Waals surface area contributed by atoms with Crippen LogP contribution < -0.4 is 0 Å². The van der Waals surface area contributed by atoms with Crippen LogP contribution in [-0.2, 0) is 11.3 Å². The number of rotatable bonds is 3. The first-order valence-electron chi connectivity index (χ1n) is 12.5. The van der Waals surface area contributed by atoms with Gasteiger partial charge in [0.25, 0.3) is 0 Å². The van der Waals surface area contributed by atoms with Crippen molar-refractivity contribution in [2.75, 3.05) is 0 Å². The van der Waals surface area contributed by atoms with Gasteiger partial charge in [-0.05, 0) is 86.9 Å². The van der Waals surface area contributed by atoms with E-state index in [1.54, 1.807) is 18.0 Å². The van der Waals surface area contributed by atoms with Gasteiger partial charge in [-0.15, -0.1) is 0 Å². The topological polar surface area (TPSA) is 68.0 Å². The van der Waals surface area contributed by atoms with E-state index in [2.05, 4.69) is 30.1 Å². The summed E-state index contributed by atoms with van der Waals surface area (Å²) in [6.45, 7) is 11.2. The highest BCUT2D eigenvalue weighted by Gasteiger charge is 2.59. The molecule has 1 heterocycles. The first kappa shape index (κ1) is 22.7. The van der Waals surface area contributed by atoms with Crippen molar-refractivity contribution >= 4 is 5.78 Å². The fourth-order valence-corrected chi connectivity index (χ4v) is 7.81. The van der Waals surface area contributed by atoms with Crippen molar-refractivity contribution in [3.05, 3.63) is 24.0 Å². The lowest BCUT2D eigenvalue weighted by atomic mass is 9.47. The zero-order valence-corrected chi connectivity index (χ0v) is 20.1. The standard InChI is InChI=1S/C24H35N3O2.C2H6/c1-22(29)10-11-23(2)16(14-22)4-5-17-18-6-7-20(24(18,3)9-8-19(17)23)21(28)15-27-25-12-13-26-27;1-2/h8,12-13,16-18,20,29H,4-7,9-11,14-15H2,1-3H3;1-2H3/t16-,17-,18-,20+,22+,23-,24-;/m0./s1. The number of ketones is 1. The Kier molecular flexibility index (Phi) is 5.95. The van der Waals surface area contributed by atoms with E-state index >= 15 is 0 Å². The summed E-state index contributed by atoms with van der Waals surface area (Å²) in [5.74, 6) is 2.26. The first-order valence-corrected chi connectivity index (χ1v) is 12.5. The summed E-state index contributed by atoms with van der Waals surface area (Å²) in [5, 5.41) is 18.9. The van der Waals surface area contributed by atoms with Crippen LogP contribution in [0.5, 0.6) is 0 Å². The fourth-order valence-electron chi connectivity index (χ4n) is 7.81. The normalized spacial score (nSPS) is 43.6. The van der Waals surface area contributed by atoms with Crippen molar-refractivity contribution in [3.63, 3.8) is 0 Å². The largest absolute Gasteiger partial charge is 0.390 e. The van der Waals surface area contributed by atoms with Crippen LogP contribution in [0.3, 0.4) is 0 Å². The third kappa shape index (κ3) is 3.71. The summed E-state index contributed by atoms with van der Waals surface area (Å²) in [4.78, 5) is 14.7. The van der Waals surface area contributed by atoms with Gasteiger partial charge >= 0.3 is 0 Å². The van der Waals surface area contributed by atoms with E-state index in [9.17, 15) is 9.90 Å². The number of fused-ring (bicyclic) bond motifs is 5. The quantitative estimate of drug-likeness (QED) is 0.673. The third-order valence-corrected chi connectivity index (χ3v) is 9.46. The van der Waals surface area contributed by atoms with E-state index in [1.807, 2.05) is 20.8 Å². The number of nitrogens with zero attached hydrogens (tertiary/aromatic N) is 3. The van der Waals surface area contributed by atoms with E-state index in [1.165, 1.54) is 24.1 Å². The number of allylic oxidation sites excluding steroid dienone is 2. The molecule has 0 bridgehead atoms. The van der Waals surface area contributed by atoms with E-state index in [0.29, 0.717) is 30.1 Å². The molecule has 4 aliphatic carbocycles. The average Bonchev–Trinajstić information content (AvgIpc) is 3.37. The second-order valence-electron chi connectivity index (χ2n) is 11.1. The molecule has 5 rings (SSSR count). The number of carbonyl (C=O) groups excluding carboxylic acids is 1. The van der Waals surface area contributed by atoms with Crippen LogP contribution in [0.1, 0.15) is 86.0 Å². The third-order valence-electron chi connectivity index (χ3n) is 9.46. The van der Waals surface area contributed by atoms with E-state index < -0.39 is 5.60 Å². The maximum absolute atomic E-state index is 13.1. The highest BCUT2D eigenvalue weighted by molar-refractivity contribution is 5.82. The molecule has 0 amide bonds. The predicted molar refractivity (Wildman–Crippen MR) is 122 cm³/mol. The summed E-state index contributed by atoms with van der Waals surface area (Å²) in [5.41, 5.74) is 1.50. The van der Waals surface area contributed by atoms with Crippen molar-refractivity contribution in [2.45, 2.75) is 98.1 Å². The Balaban J connectivity index is 0.00000112. The molecule has 172 valence electrons. The molecule has 0 radical (unpaired) electrons. The maximum atomic E-state index is 13.1. The van der Waals surface area contributed by atoms with Crippen molar-refractivity contribution in [1.29, 1.82) is 0 Å². The highest BCUT2D eigenvalue weighted by atomic mass is 16.3. The van der Waals surface area contributed by atoms with Crippen LogP contribution in [0.25, 0.3) is 0 Å². The van der Waals surface area contributed by atoms with E-state index in [4.69, 9.17) is 0 Å². The molecular formula is C26H41N3O2. The van der Waals surface area contributed by atoms with Crippen LogP contribution in [0.4, 0.5) is 0 Å². The molecule has 0 aromatic carbocycles. The molecule has 31 heavy (non-hydrogen) atoms. The van der Waals surface area contributed by atoms with Gasteiger partial charge < -0.3 is 5.11 Å². The van der Waals surface area contributed by atoms with Crippen molar-refractivity contribution in [2.24, 2.45) is 34.5 Å². The molecule has 0 saturated heterocycles. The number of carbonyl (C=O) groups is 1. The van der Waals surface area contributed by atoms with Crippen LogP contribution in [-0.4, -0.2) is 31.5 Å². The minimum atomic E-state index is -0.494. The Morgan fingerprint density at radius 2 is 1.81 bits per heavy atom. The van der Waals surface area contributed by atoms with Gasteiger partial charge in [-0.1, -0.05) is 39.3 Å². The minimum Gasteiger partial charge on any atom is -0.390 e. The molecule has 1 aromatic rings. The molecular weight excluding hydrogens is 386 g/mol. The average molecular weight is 428 g/mol. The highest BCUT2D eigenvalue weighted by Crippen LogP contribution is 2.66. The Bertz CT molecular complexity index is 830. The molecule has 1 N–H and O–H groups in total. The molecule has 0 aliphatic heterocycles. The summed E-state index contributed by atoms with van der Waals surface area (Å²) < 4.78 is 0. The Hall–Kier alpha value is -1.49. The lowest BCUT2D eigenvalue weighted by Crippen LogP contribution is -2.51. The van der Waals surface area contributed by atoms with Crippen molar-refractivity contribution < 1.29 is 9.90 Å². The molecule has 0 spiro atoms.